The highest BCUT2D eigenvalue weighted by molar-refractivity contribution is 7.11. The summed E-state index contributed by atoms with van der Waals surface area (Å²) in [5.74, 6) is 0.717. The lowest BCUT2D eigenvalue weighted by molar-refractivity contribution is 0.415. The molecule has 0 saturated carbocycles. The van der Waals surface area contributed by atoms with E-state index >= 15 is 0 Å². The highest BCUT2D eigenvalue weighted by Crippen LogP contribution is 2.24. The number of thiophene rings is 1. The van der Waals surface area contributed by atoms with Gasteiger partial charge in [0.15, 0.2) is 0 Å². The molecule has 0 fully saturated rings. The van der Waals surface area contributed by atoms with Crippen LogP contribution in [0.2, 0.25) is 5.02 Å². The molecule has 0 atom stereocenters. The van der Waals surface area contributed by atoms with Crippen molar-refractivity contribution in [3.8, 4) is 5.75 Å². The van der Waals surface area contributed by atoms with Crippen molar-refractivity contribution in [1.29, 1.82) is 0 Å². The SMILES string of the molecule is COc1ccc(CNCc2ccc(C)s2)cc1Cl. The second-order valence-corrected chi connectivity index (χ2v) is 5.86. The number of hydrogen-bond donors (Lipinski definition) is 1. The van der Waals surface area contributed by atoms with Crippen molar-refractivity contribution in [1.82, 2.24) is 5.32 Å². The van der Waals surface area contributed by atoms with E-state index in [0.29, 0.717) is 10.8 Å². The van der Waals surface area contributed by atoms with Gasteiger partial charge in [-0.05, 0) is 36.8 Å². The molecule has 2 nitrogen and oxygen atoms in total. The quantitative estimate of drug-likeness (QED) is 0.894. The third-order valence-electron chi connectivity index (χ3n) is 2.64. The topological polar surface area (TPSA) is 21.3 Å². The fourth-order valence-corrected chi connectivity index (χ4v) is 2.87. The Morgan fingerprint density at radius 2 is 2.06 bits per heavy atom. The number of nitrogens with one attached hydrogen (secondary N) is 1. The molecule has 18 heavy (non-hydrogen) atoms. The minimum Gasteiger partial charge on any atom is -0.495 e. The van der Waals surface area contributed by atoms with Crippen LogP contribution in [0.15, 0.2) is 30.3 Å². The van der Waals surface area contributed by atoms with Gasteiger partial charge in [0, 0.05) is 22.8 Å². The van der Waals surface area contributed by atoms with Crippen molar-refractivity contribution in [2.45, 2.75) is 20.0 Å². The number of aryl methyl sites for hydroxylation is 1. The Balaban J connectivity index is 1.88. The second-order valence-electron chi connectivity index (χ2n) is 4.08. The maximum atomic E-state index is 6.08. The van der Waals surface area contributed by atoms with Gasteiger partial charge in [0.25, 0.3) is 0 Å². The van der Waals surface area contributed by atoms with Crippen LogP contribution in [0.25, 0.3) is 0 Å². The Kier molecular flexibility index (Phi) is 4.64. The van der Waals surface area contributed by atoms with E-state index in [0.717, 1.165) is 18.7 Å². The first-order chi connectivity index (χ1) is 8.69. The molecule has 1 aromatic carbocycles. The minimum absolute atomic E-state index is 0.656. The Labute approximate surface area is 117 Å². The Morgan fingerprint density at radius 3 is 2.67 bits per heavy atom. The van der Waals surface area contributed by atoms with Crippen molar-refractivity contribution < 1.29 is 4.74 Å². The van der Waals surface area contributed by atoms with E-state index in [1.165, 1.54) is 9.75 Å². The minimum atomic E-state index is 0.656. The van der Waals surface area contributed by atoms with Gasteiger partial charge in [-0.1, -0.05) is 17.7 Å². The number of rotatable bonds is 5. The van der Waals surface area contributed by atoms with Gasteiger partial charge in [0.05, 0.1) is 12.1 Å². The molecular weight excluding hydrogens is 266 g/mol. The van der Waals surface area contributed by atoms with Gasteiger partial charge < -0.3 is 10.1 Å². The molecule has 0 radical (unpaired) electrons. The van der Waals surface area contributed by atoms with Crippen LogP contribution in [-0.4, -0.2) is 7.11 Å². The van der Waals surface area contributed by atoms with Gasteiger partial charge in [-0.3, -0.25) is 0 Å². The molecule has 0 amide bonds. The molecule has 0 aliphatic carbocycles. The van der Waals surface area contributed by atoms with E-state index in [-0.39, 0.29) is 0 Å². The fourth-order valence-electron chi connectivity index (χ4n) is 1.73. The molecule has 0 spiro atoms. The molecule has 2 rings (SSSR count). The Morgan fingerprint density at radius 1 is 1.22 bits per heavy atom. The lowest BCUT2D eigenvalue weighted by Crippen LogP contribution is -2.11. The Hall–Kier alpha value is -1.03. The molecule has 4 heteroatoms. The van der Waals surface area contributed by atoms with E-state index in [1.807, 2.05) is 29.5 Å². The van der Waals surface area contributed by atoms with E-state index in [9.17, 15) is 0 Å². The predicted octanol–water partition coefficient (Wildman–Crippen LogP) is 4.01. The molecule has 0 aliphatic heterocycles. The smallest absolute Gasteiger partial charge is 0.137 e. The summed E-state index contributed by atoms with van der Waals surface area (Å²) in [6, 6.07) is 10.2. The van der Waals surface area contributed by atoms with Gasteiger partial charge in [-0.2, -0.15) is 0 Å². The van der Waals surface area contributed by atoms with Crippen molar-refractivity contribution >= 4 is 22.9 Å². The summed E-state index contributed by atoms with van der Waals surface area (Å²) in [5.41, 5.74) is 1.16. The molecular formula is C14H16ClNOS. The number of hydrogen-bond acceptors (Lipinski definition) is 3. The molecule has 0 unspecified atom stereocenters. The summed E-state index contributed by atoms with van der Waals surface area (Å²) in [7, 11) is 1.62. The number of benzene rings is 1. The highest BCUT2D eigenvalue weighted by atomic mass is 35.5. The summed E-state index contributed by atoms with van der Waals surface area (Å²) >= 11 is 7.90. The third-order valence-corrected chi connectivity index (χ3v) is 3.94. The number of methoxy groups -OCH3 is 1. The van der Waals surface area contributed by atoms with Gasteiger partial charge in [0.1, 0.15) is 5.75 Å². The van der Waals surface area contributed by atoms with Crippen LogP contribution in [0.3, 0.4) is 0 Å². The van der Waals surface area contributed by atoms with Crippen molar-refractivity contribution in [2.24, 2.45) is 0 Å². The normalized spacial score (nSPS) is 10.6. The first-order valence-electron chi connectivity index (χ1n) is 5.77. The number of ether oxygens (including phenoxy) is 1. The van der Waals surface area contributed by atoms with Gasteiger partial charge in [0.2, 0.25) is 0 Å². The van der Waals surface area contributed by atoms with Gasteiger partial charge >= 0.3 is 0 Å². The van der Waals surface area contributed by atoms with Crippen LogP contribution in [-0.2, 0) is 13.1 Å². The molecule has 0 saturated heterocycles. The zero-order valence-corrected chi connectivity index (χ0v) is 12.1. The van der Waals surface area contributed by atoms with E-state index in [2.05, 4.69) is 24.4 Å². The maximum Gasteiger partial charge on any atom is 0.137 e. The maximum absolute atomic E-state index is 6.08. The van der Waals surface area contributed by atoms with Crippen molar-refractivity contribution in [2.75, 3.05) is 7.11 Å². The van der Waals surface area contributed by atoms with Crippen LogP contribution in [0.5, 0.6) is 5.75 Å². The first-order valence-corrected chi connectivity index (χ1v) is 6.97. The van der Waals surface area contributed by atoms with Gasteiger partial charge in [-0.15, -0.1) is 11.3 Å². The largest absolute Gasteiger partial charge is 0.495 e. The molecule has 2 aromatic rings. The molecule has 0 aliphatic rings. The fraction of sp³-hybridized carbons (Fsp3) is 0.286. The average Bonchev–Trinajstić information content (AvgIpc) is 2.75. The van der Waals surface area contributed by atoms with Crippen LogP contribution in [0.1, 0.15) is 15.3 Å². The Bertz CT molecular complexity index is 524. The summed E-state index contributed by atoms with van der Waals surface area (Å²) in [5, 5.41) is 4.06. The zero-order chi connectivity index (χ0) is 13.0. The predicted molar refractivity (Wildman–Crippen MR) is 77.6 cm³/mol. The first kappa shape index (κ1) is 13.4. The summed E-state index contributed by atoms with van der Waals surface area (Å²) in [6.45, 7) is 3.82. The molecule has 1 heterocycles. The average molecular weight is 282 g/mol. The van der Waals surface area contributed by atoms with E-state index in [1.54, 1.807) is 7.11 Å². The van der Waals surface area contributed by atoms with Gasteiger partial charge in [-0.25, -0.2) is 0 Å². The molecule has 0 bridgehead atoms. The van der Waals surface area contributed by atoms with Crippen LogP contribution >= 0.6 is 22.9 Å². The lowest BCUT2D eigenvalue weighted by Gasteiger charge is -2.07. The van der Waals surface area contributed by atoms with Crippen LogP contribution in [0, 0.1) is 6.92 Å². The molecule has 96 valence electrons. The van der Waals surface area contributed by atoms with Crippen molar-refractivity contribution in [3.05, 3.63) is 50.7 Å². The third kappa shape index (κ3) is 3.48. The molecule has 1 aromatic heterocycles. The number of halogens is 1. The van der Waals surface area contributed by atoms with Crippen LogP contribution < -0.4 is 10.1 Å². The van der Waals surface area contributed by atoms with E-state index < -0.39 is 0 Å². The zero-order valence-electron chi connectivity index (χ0n) is 10.5. The summed E-state index contributed by atoms with van der Waals surface area (Å²) in [6.07, 6.45) is 0. The standard InChI is InChI=1S/C14H16ClNOS/c1-10-3-5-12(18-10)9-16-8-11-4-6-14(17-2)13(15)7-11/h3-7,16H,8-9H2,1-2H3. The monoisotopic (exact) mass is 281 g/mol. The second kappa shape index (κ2) is 6.23. The molecule has 1 N–H and O–H groups in total. The van der Waals surface area contributed by atoms with E-state index in [4.69, 9.17) is 16.3 Å². The highest BCUT2D eigenvalue weighted by Gasteiger charge is 2.02. The summed E-state index contributed by atoms with van der Waals surface area (Å²) in [4.78, 5) is 2.70. The van der Waals surface area contributed by atoms with Crippen LogP contribution in [0.4, 0.5) is 0 Å². The van der Waals surface area contributed by atoms with Crippen molar-refractivity contribution in [3.63, 3.8) is 0 Å². The lowest BCUT2D eigenvalue weighted by atomic mass is 10.2. The summed E-state index contributed by atoms with van der Waals surface area (Å²) < 4.78 is 5.13.